The van der Waals surface area contributed by atoms with Gasteiger partial charge in [0.2, 0.25) is 11.8 Å². The Balaban J connectivity index is 1.96. The summed E-state index contributed by atoms with van der Waals surface area (Å²) in [5.41, 5.74) is 0.901. The number of unbranched alkanes of at least 4 members (excludes halogenated alkanes) is 1. The third-order valence-corrected chi connectivity index (χ3v) is 3.94. The highest BCUT2D eigenvalue weighted by molar-refractivity contribution is 5.93. The van der Waals surface area contributed by atoms with Gasteiger partial charge in [-0.2, -0.15) is 0 Å². The second-order valence-corrected chi connectivity index (χ2v) is 5.47. The molecule has 0 aliphatic rings. The van der Waals surface area contributed by atoms with E-state index in [2.05, 4.69) is 6.92 Å². The second kappa shape index (κ2) is 7.78. The van der Waals surface area contributed by atoms with Gasteiger partial charge in [0.05, 0.1) is 5.52 Å². The maximum absolute atomic E-state index is 12.3. The third-order valence-electron chi connectivity index (χ3n) is 3.94. The van der Waals surface area contributed by atoms with E-state index in [-0.39, 0.29) is 24.7 Å². The predicted molar refractivity (Wildman–Crippen MR) is 89.0 cm³/mol. The summed E-state index contributed by atoms with van der Waals surface area (Å²) in [6.07, 6.45) is 4.39. The molecule has 0 radical (unpaired) electrons. The number of para-hydroxylation sites is 1. The second-order valence-electron chi connectivity index (χ2n) is 5.47. The van der Waals surface area contributed by atoms with Crippen molar-refractivity contribution in [2.24, 2.45) is 0 Å². The molecule has 0 atom stereocenters. The number of rotatable bonds is 7. The van der Waals surface area contributed by atoms with Crippen LogP contribution < -0.4 is 0 Å². The maximum atomic E-state index is 12.3. The molecule has 1 amide bonds. The molecule has 0 aliphatic heterocycles. The monoisotopic (exact) mass is 300 g/mol. The first-order valence-electron chi connectivity index (χ1n) is 8.04. The molecule has 1 aromatic heterocycles. The normalized spacial score (nSPS) is 10.8. The van der Waals surface area contributed by atoms with Crippen LogP contribution in [0.5, 0.6) is 0 Å². The van der Waals surface area contributed by atoms with Gasteiger partial charge in [-0.15, -0.1) is 0 Å². The van der Waals surface area contributed by atoms with E-state index in [0.29, 0.717) is 6.54 Å². The van der Waals surface area contributed by atoms with Gasteiger partial charge in [-0.3, -0.25) is 14.2 Å². The lowest BCUT2D eigenvalue weighted by atomic mass is 10.2. The van der Waals surface area contributed by atoms with Crippen molar-refractivity contribution in [1.82, 2.24) is 9.47 Å². The minimum atomic E-state index is -0.0268. The van der Waals surface area contributed by atoms with Gasteiger partial charge >= 0.3 is 0 Å². The molecule has 4 heteroatoms. The van der Waals surface area contributed by atoms with Gasteiger partial charge in [0.15, 0.2) is 0 Å². The standard InChI is InChI=1S/C18H24N2O2/c1-3-5-13-19(4-2)17(21)10-11-18(22)20-14-12-15-8-6-7-9-16(15)20/h6-9,12,14H,3-5,10-11,13H2,1-2H3. The minimum Gasteiger partial charge on any atom is -0.343 e. The van der Waals surface area contributed by atoms with Gasteiger partial charge in [-0.1, -0.05) is 31.5 Å². The Morgan fingerprint density at radius 2 is 1.86 bits per heavy atom. The van der Waals surface area contributed by atoms with Gasteiger partial charge in [0, 0.05) is 37.5 Å². The Kier molecular flexibility index (Phi) is 5.75. The Bertz CT molecular complexity index is 645. The van der Waals surface area contributed by atoms with E-state index in [1.54, 1.807) is 10.8 Å². The zero-order valence-corrected chi connectivity index (χ0v) is 13.4. The van der Waals surface area contributed by atoms with E-state index in [4.69, 9.17) is 0 Å². The summed E-state index contributed by atoms with van der Waals surface area (Å²) in [5, 5.41) is 1.04. The lowest BCUT2D eigenvalue weighted by molar-refractivity contribution is -0.131. The minimum absolute atomic E-state index is 0.0268. The van der Waals surface area contributed by atoms with E-state index in [1.165, 1.54) is 0 Å². The van der Waals surface area contributed by atoms with E-state index in [9.17, 15) is 9.59 Å². The number of carbonyl (C=O) groups is 2. The van der Waals surface area contributed by atoms with Crippen LogP contribution in [-0.4, -0.2) is 34.4 Å². The van der Waals surface area contributed by atoms with Gasteiger partial charge in [-0.05, 0) is 25.5 Å². The molecule has 0 N–H and O–H groups in total. The number of aromatic nitrogens is 1. The number of hydrogen-bond donors (Lipinski definition) is 0. The van der Waals surface area contributed by atoms with Crippen molar-refractivity contribution in [1.29, 1.82) is 0 Å². The van der Waals surface area contributed by atoms with Crippen LogP contribution in [0.3, 0.4) is 0 Å². The molecule has 22 heavy (non-hydrogen) atoms. The van der Waals surface area contributed by atoms with Crippen LogP contribution in [0.15, 0.2) is 36.5 Å². The molecule has 0 aliphatic carbocycles. The Hall–Kier alpha value is -2.10. The Labute approximate surface area is 131 Å². The summed E-state index contributed by atoms with van der Waals surface area (Å²) in [5.74, 6) is 0.0434. The lowest BCUT2D eigenvalue weighted by Gasteiger charge is -2.20. The summed E-state index contributed by atoms with van der Waals surface area (Å²) in [6, 6.07) is 9.70. The van der Waals surface area contributed by atoms with Crippen LogP contribution in [0.25, 0.3) is 10.9 Å². The van der Waals surface area contributed by atoms with E-state index in [0.717, 1.165) is 30.3 Å². The largest absolute Gasteiger partial charge is 0.343 e. The van der Waals surface area contributed by atoms with Crippen molar-refractivity contribution in [2.75, 3.05) is 13.1 Å². The van der Waals surface area contributed by atoms with Gasteiger partial charge in [-0.25, -0.2) is 0 Å². The fraction of sp³-hybridized carbons (Fsp3) is 0.444. The van der Waals surface area contributed by atoms with Crippen molar-refractivity contribution < 1.29 is 9.59 Å². The molecule has 0 saturated heterocycles. The molecule has 0 spiro atoms. The molecule has 4 nitrogen and oxygen atoms in total. The van der Waals surface area contributed by atoms with Crippen LogP contribution in [0, 0.1) is 0 Å². The number of carbonyl (C=O) groups excluding carboxylic acids is 2. The van der Waals surface area contributed by atoms with Crippen LogP contribution in [0.1, 0.15) is 44.3 Å². The van der Waals surface area contributed by atoms with Crippen LogP contribution in [0.4, 0.5) is 0 Å². The van der Waals surface area contributed by atoms with Crippen molar-refractivity contribution in [3.63, 3.8) is 0 Å². The maximum Gasteiger partial charge on any atom is 0.231 e. The zero-order valence-electron chi connectivity index (χ0n) is 13.4. The molecule has 1 heterocycles. The number of fused-ring (bicyclic) bond motifs is 1. The summed E-state index contributed by atoms with van der Waals surface area (Å²) in [4.78, 5) is 26.4. The lowest BCUT2D eigenvalue weighted by Crippen LogP contribution is -2.32. The summed E-state index contributed by atoms with van der Waals surface area (Å²) in [7, 11) is 0. The molecular weight excluding hydrogens is 276 g/mol. The fourth-order valence-corrected chi connectivity index (χ4v) is 2.60. The molecule has 0 bridgehead atoms. The first-order valence-corrected chi connectivity index (χ1v) is 8.04. The molecule has 0 saturated carbocycles. The molecular formula is C18H24N2O2. The number of nitrogens with zero attached hydrogens (tertiary/aromatic N) is 2. The number of hydrogen-bond acceptors (Lipinski definition) is 2. The third kappa shape index (κ3) is 3.75. The predicted octanol–water partition coefficient (Wildman–Crippen LogP) is 3.71. The van der Waals surface area contributed by atoms with Crippen molar-refractivity contribution in [3.8, 4) is 0 Å². The Morgan fingerprint density at radius 3 is 2.59 bits per heavy atom. The highest BCUT2D eigenvalue weighted by atomic mass is 16.2. The molecule has 2 rings (SSSR count). The van der Waals surface area contributed by atoms with Crippen LogP contribution in [0.2, 0.25) is 0 Å². The molecule has 0 unspecified atom stereocenters. The topological polar surface area (TPSA) is 42.3 Å². The smallest absolute Gasteiger partial charge is 0.231 e. The summed E-state index contributed by atoms with van der Waals surface area (Å²) >= 11 is 0. The molecule has 2 aromatic rings. The van der Waals surface area contributed by atoms with Crippen molar-refractivity contribution in [3.05, 3.63) is 36.5 Å². The number of benzene rings is 1. The quantitative estimate of drug-likeness (QED) is 0.782. The SMILES string of the molecule is CCCCN(CC)C(=O)CCC(=O)n1ccc2ccccc21. The van der Waals surface area contributed by atoms with Crippen LogP contribution >= 0.6 is 0 Å². The summed E-state index contributed by atoms with van der Waals surface area (Å²) < 4.78 is 1.64. The van der Waals surface area contributed by atoms with Crippen LogP contribution in [-0.2, 0) is 4.79 Å². The van der Waals surface area contributed by atoms with Crippen molar-refractivity contribution >= 4 is 22.7 Å². The van der Waals surface area contributed by atoms with Gasteiger partial charge < -0.3 is 4.90 Å². The number of amides is 1. The molecule has 0 fully saturated rings. The van der Waals surface area contributed by atoms with Gasteiger partial charge in [0.25, 0.3) is 0 Å². The fourth-order valence-electron chi connectivity index (χ4n) is 2.60. The van der Waals surface area contributed by atoms with E-state index in [1.807, 2.05) is 42.2 Å². The first kappa shape index (κ1) is 16.3. The Morgan fingerprint density at radius 1 is 1.09 bits per heavy atom. The average molecular weight is 300 g/mol. The van der Waals surface area contributed by atoms with Crippen molar-refractivity contribution in [2.45, 2.75) is 39.5 Å². The molecule has 1 aromatic carbocycles. The highest BCUT2D eigenvalue weighted by Gasteiger charge is 2.15. The molecule has 118 valence electrons. The average Bonchev–Trinajstić information content (AvgIpc) is 2.97. The van der Waals surface area contributed by atoms with E-state index >= 15 is 0 Å². The highest BCUT2D eigenvalue weighted by Crippen LogP contribution is 2.16. The van der Waals surface area contributed by atoms with Gasteiger partial charge in [0.1, 0.15) is 0 Å². The first-order chi connectivity index (χ1) is 10.7. The summed E-state index contributed by atoms with van der Waals surface area (Å²) in [6.45, 7) is 5.58. The zero-order chi connectivity index (χ0) is 15.9. The van der Waals surface area contributed by atoms with E-state index < -0.39 is 0 Å².